The summed E-state index contributed by atoms with van der Waals surface area (Å²) in [5.74, 6) is -2.10. The molecule has 0 fully saturated rings. The van der Waals surface area contributed by atoms with Gasteiger partial charge in [-0.1, -0.05) is 42.1 Å². The van der Waals surface area contributed by atoms with Gasteiger partial charge in [0.05, 0.1) is 5.92 Å². The summed E-state index contributed by atoms with van der Waals surface area (Å²) in [4.78, 5) is 34.8. The first-order valence-electron chi connectivity index (χ1n) is 7.91. The van der Waals surface area contributed by atoms with E-state index in [-0.39, 0.29) is 16.6 Å². The summed E-state index contributed by atoms with van der Waals surface area (Å²) in [6.07, 6.45) is 0.464. The van der Waals surface area contributed by atoms with Crippen LogP contribution < -0.4 is 5.32 Å². The number of carboxylic acid groups (broad SMARTS) is 1. The molecular weight excluding hydrogens is 354 g/mol. The van der Waals surface area contributed by atoms with Crippen LogP contribution in [-0.4, -0.2) is 33.0 Å². The van der Waals surface area contributed by atoms with Crippen molar-refractivity contribution in [2.24, 2.45) is 5.92 Å². The van der Waals surface area contributed by atoms with Crippen molar-refractivity contribution in [3.8, 4) is 5.75 Å². The van der Waals surface area contributed by atoms with E-state index in [0.717, 1.165) is 17.3 Å². The minimum atomic E-state index is -1.25. The minimum absolute atomic E-state index is 0.0701. The van der Waals surface area contributed by atoms with Gasteiger partial charge in [0.1, 0.15) is 11.3 Å². The number of hydrogen-bond acceptors (Lipinski definition) is 5. The molecule has 26 heavy (non-hydrogen) atoms. The molecule has 0 aliphatic heterocycles. The van der Waals surface area contributed by atoms with Gasteiger partial charge in [0, 0.05) is 24.4 Å². The number of phenols is 1. The van der Waals surface area contributed by atoms with Crippen LogP contribution >= 0.6 is 11.8 Å². The fourth-order valence-electron chi connectivity index (χ4n) is 2.38. The number of rotatable bonds is 7. The Bertz CT molecular complexity index is 807. The fourth-order valence-corrected chi connectivity index (χ4v) is 3.08. The molecule has 0 heterocycles. The van der Waals surface area contributed by atoms with E-state index in [1.807, 2.05) is 30.3 Å². The van der Waals surface area contributed by atoms with Crippen LogP contribution in [0.5, 0.6) is 5.75 Å². The Morgan fingerprint density at radius 2 is 1.81 bits per heavy atom. The van der Waals surface area contributed by atoms with Crippen LogP contribution in [0.25, 0.3) is 0 Å². The molecule has 0 saturated carbocycles. The van der Waals surface area contributed by atoms with Crippen molar-refractivity contribution in [3.63, 3.8) is 0 Å². The van der Waals surface area contributed by atoms with Crippen LogP contribution in [0.4, 0.5) is 5.69 Å². The lowest BCUT2D eigenvalue weighted by Crippen LogP contribution is -2.27. The van der Waals surface area contributed by atoms with Gasteiger partial charge in [0.15, 0.2) is 5.12 Å². The van der Waals surface area contributed by atoms with Crippen LogP contribution in [-0.2, 0) is 16.0 Å². The number of anilines is 1. The van der Waals surface area contributed by atoms with Gasteiger partial charge in [0.2, 0.25) is 5.91 Å². The van der Waals surface area contributed by atoms with Gasteiger partial charge in [-0.2, -0.15) is 0 Å². The predicted molar refractivity (Wildman–Crippen MR) is 100 cm³/mol. The highest BCUT2D eigenvalue weighted by atomic mass is 32.2. The Morgan fingerprint density at radius 1 is 1.12 bits per heavy atom. The molecule has 1 atom stereocenters. The smallest absolute Gasteiger partial charge is 0.339 e. The van der Waals surface area contributed by atoms with Crippen molar-refractivity contribution in [2.45, 2.75) is 13.3 Å². The Kier molecular flexibility index (Phi) is 6.80. The van der Waals surface area contributed by atoms with Crippen molar-refractivity contribution in [1.82, 2.24) is 0 Å². The highest BCUT2D eigenvalue weighted by Crippen LogP contribution is 2.23. The number of nitrogens with one attached hydrogen (secondary N) is 1. The van der Waals surface area contributed by atoms with E-state index in [1.54, 1.807) is 0 Å². The van der Waals surface area contributed by atoms with Crippen LogP contribution in [0.1, 0.15) is 22.8 Å². The van der Waals surface area contributed by atoms with Crippen molar-refractivity contribution < 1.29 is 24.6 Å². The molecule has 2 aromatic carbocycles. The Morgan fingerprint density at radius 3 is 2.38 bits per heavy atom. The van der Waals surface area contributed by atoms with E-state index in [1.165, 1.54) is 25.1 Å². The molecule has 1 amide bonds. The van der Waals surface area contributed by atoms with E-state index >= 15 is 0 Å². The SMILES string of the molecule is CC(=O)SCC(Cc1ccccc1)C(=O)Nc1ccc(C(=O)O)c(O)c1. The van der Waals surface area contributed by atoms with Gasteiger partial charge in [-0.05, 0) is 24.1 Å². The van der Waals surface area contributed by atoms with Crippen molar-refractivity contribution >= 4 is 34.4 Å². The van der Waals surface area contributed by atoms with Gasteiger partial charge in [-0.25, -0.2) is 4.79 Å². The number of carbonyl (C=O) groups excluding carboxylic acids is 2. The van der Waals surface area contributed by atoms with Gasteiger partial charge in [-0.3, -0.25) is 9.59 Å². The minimum Gasteiger partial charge on any atom is -0.507 e. The molecular formula is C19H19NO5S. The number of amides is 1. The summed E-state index contributed by atoms with van der Waals surface area (Å²) >= 11 is 1.08. The largest absolute Gasteiger partial charge is 0.507 e. The second-order valence-corrected chi connectivity index (χ2v) is 6.91. The molecule has 0 aromatic heterocycles. The van der Waals surface area contributed by atoms with Crippen LogP contribution in [0.15, 0.2) is 48.5 Å². The van der Waals surface area contributed by atoms with Crippen molar-refractivity contribution in [1.29, 1.82) is 0 Å². The average molecular weight is 373 g/mol. The molecule has 2 rings (SSSR count). The maximum absolute atomic E-state index is 12.6. The molecule has 2 aromatic rings. The Labute approximate surface area is 155 Å². The van der Waals surface area contributed by atoms with Crippen LogP contribution in [0, 0.1) is 5.92 Å². The molecule has 3 N–H and O–H groups in total. The summed E-state index contributed by atoms with van der Waals surface area (Å²) in [6.45, 7) is 1.45. The summed E-state index contributed by atoms with van der Waals surface area (Å²) in [5.41, 5.74) is 1.03. The first-order chi connectivity index (χ1) is 12.4. The lowest BCUT2D eigenvalue weighted by atomic mass is 10.00. The summed E-state index contributed by atoms with van der Waals surface area (Å²) in [6, 6.07) is 13.3. The standard InChI is InChI=1S/C19H19NO5S/c1-12(21)26-11-14(9-13-5-3-2-4-6-13)18(23)20-15-7-8-16(19(24)25)17(22)10-15/h2-8,10,14,22H,9,11H2,1H3,(H,20,23)(H,24,25). The van der Waals surface area contributed by atoms with E-state index in [9.17, 15) is 19.5 Å². The molecule has 0 aliphatic carbocycles. The number of carbonyl (C=O) groups is 3. The molecule has 7 heteroatoms. The van der Waals surface area contributed by atoms with E-state index in [4.69, 9.17) is 5.11 Å². The zero-order valence-corrected chi connectivity index (χ0v) is 15.0. The summed E-state index contributed by atoms with van der Waals surface area (Å²) in [7, 11) is 0. The first kappa shape index (κ1) is 19.5. The molecule has 0 radical (unpaired) electrons. The first-order valence-corrected chi connectivity index (χ1v) is 8.90. The van der Waals surface area contributed by atoms with Gasteiger partial charge in [0.25, 0.3) is 0 Å². The number of aromatic carboxylic acids is 1. The average Bonchev–Trinajstić information content (AvgIpc) is 2.59. The predicted octanol–water partition coefficient (Wildman–Crippen LogP) is 3.17. The lowest BCUT2D eigenvalue weighted by molar-refractivity contribution is -0.119. The van der Waals surface area contributed by atoms with Crippen LogP contribution in [0.3, 0.4) is 0 Å². The zero-order chi connectivity index (χ0) is 19.1. The third-order valence-corrected chi connectivity index (χ3v) is 4.65. The number of hydrogen-bond donors (Lipinski definition) is 3. The van der Waals surface area contributed by atoms with Gasteiger partial charge < -0.3 is 15.5 Å². The summed E-state index contributed by atoms with van der Waals surface area (Å²) < 4.78 is 0. The molecule has 136 valence electrons. The molecule has 0 spiro atoms. The van der Waals surface area contributed by atoms with Crippen LogP contribution in [0.2, 0.25) is 0 Å². The molecule has 0 saturated heterocycles. The number of aromatic hydroxyl groups is 1. The highest BCUT2D eigenvalue weighted by Gasteiger charge is 2.21. The summed E-state index contributed by atoms with van der Waals surface area (Å²) in [5, 5.41) is 21.3. The molecule has 1 unspecified atom stereocenters. The normalized spacial score (nSPS) is 11.6. The third-order valence-electron chi connectivity index (χ3n) is 3.68. The third kappa shape index (κ3) is 5.63. The molecule has 0 aliphatic rings. The zero-order valence-electron chi connectivity index (χ0n) is 14.1. The maximum atomic E-state index is 12.6. The van der Waals surface area contributed by atoms with Crippen molar-refractivity contribution in [2.75, 3.05) is 11.1 Å². The topological polar surface area (TPSA) is 104 Å². The van der Waals surface area contributed by atoms with Gasteiger partial charge in [-0.15, -0.1) is 0 Å². The second-order valence-electron chi connectivity index (χ2n) is 5.72. The second kappa shape index (κ2) is 9.05. The van der Waals surface area contributed by atoms with E-state index in [2.05, 4.69) is 5.32 Å². The molecule has 0 bridgehead atoms. The van der Waals surface area contributed by atoms with E-state index in [0.29, 0.717) is 17.9 Å². The van der Waals surface area contributed by atoms with E-state index < -0.39 is 17.6 Å². The van der Waals surface area contributed by atoms with Gasteiger partial charge >= 0.3 is 5.97 Å². The monoisotopic (exact) mass is 373 g/mol. The number of carboxylic acids is 1. The highest BCUT2D eigenvalue weighted by molar-refractivity contribution is 8.13. The fraction of sp³-hybridized carbons (Fsp3) is 0.211. The van der Waals surface area contributed by atoms with Crippen molar-refractivity contribution in [3.05, 3.63) is 59.7 Å². The maximum Gasteiger partial charge on any atom is 0.339 e. The Balaban J connectivity index is 2.13. The quantitative estimate of drug-likeness (QED) is 0.689. The number of benzene rings is 2. The lowest BCUT2D eigenvalue weighted by Gasteiger charge is -2.16. The molecule has 6 nitrogen and oxygen atoms in total. The number of thioether (sulfide) groups is 1. The Hall–Kier alpha value is -2.80.